The summed E-state index contributed by atoms with van der Waals surface area (Å²) in [4.78, 5) is 29.6. The van der Waals surface area contributed by atoms with E-state index in [0.717, 1.165) is 29.7 Å². The molecule has 0 radical (unpaired) electrons. The standard InChI is InChI=1S/C22H29N3O4/c1-4-6-14-23-22(28)25(3)20-9-7-8-18(24-20)17-12-10-16(11-13-17)15-19(21(26)27)29-5-2/h7-13,19H,4-6,14-15H2,1-3H3,(H,23,28)(H,26,27)/t19-/m0/s1. The molecule has 0 spiro atoms. The third kappa shape index (κ3) is 6.57. The quantitative estimate of drug-likeness (QED) is 0.594. The lowest BCUT2D eigenvalue weighted by Crippen LogP contribution is -2.38. The number of benzene rings is 1. The van der Waals surface area contributed by atoms with Gasteiger partial charge in [-0.1, -0.05) is 43.7 Å². The van der Waals surface area contributed by atoms with E-state index in [1.165, 1.54) is 4.90 Å². The number of carboxylic acid groups (broad SMARTS) is 1. The zero-order valence-corrected chi connectivity index (χ0v) is 17.2. The van der Waals surface area contributed by atoms with Crippen molar-refractivity contribution in [3.05, 3.63) is 48.0 Å². The first-order valence-electron chi connectivity index (χ1n) is 9.88. The molecule has 1 heterocycles. The van der Waals surface area contributed by atoms with Gasteiger partial charge in [-0.2, -0.15) is 0 Å². The van der Waals surface area contributed by atoms with E-state index in [2.05, 4.69) is 17.2 Å². The molecule has 2 N–H and O–H groups in total. The number of unbranched alkanes of at least 4 members (excludes halogenated alkanes) is 1. The van der Waals surface area contributed by atoms with Gasteiger partial charge < -0.3 is 15.2 Å². The molecule has 7 nitrogen and oxygen atoms in total. The number of carbonyl (C=O) groups is 2. The molecule has 2 aromatic rings. The van der Waals surface area contributed by atoms with Crippen molar-refractivity contribution in [2.45, 2.75) is 39.2 Å². The molecule has 2 amide bonds. The molecule has 0 aliphatic heterocycles. The van der Waals surface area contributed by atoms with Crippen LogP contribution in [0.1, 0.15) is 32.3 Å². The number of nitrogens with one attached hydrogen (secondary N) is 1. The van der Waals surface area contributed by atoms with Crippen LogP contribution in [0.5, 0.6) is 0 Å². The third-order valence-electron chi connectivity index (χ3n) is 4.50. The first-order valence-corrected chi connectivity index (χ1v) is 9.88. The summed E-state index contributed by atoms with van der Waals surface area (Å²) in [5.74, 6) is -0.409. The Morgan fingerprint density at radius 2 is 1.90 bits per heavy atom. The number of ether oxygens (including phenoxy) is 1. The highest BCUT2D eigenvalue weighted by Gasteiger charge is 2.18. The molecular weight excluding hydrogens is 370 g/mol. The molecular formula is C22H29N3O4. The van der Waals surface area contributed by atoms with E-state index in [9.17, 15) is 14.7 Å². The van der Waals surface area contributed by atoms with E-state index in [-0.39, 0.29) is 6.03 Å². The molecule has 1 aromatic heterocycles. The van der Waals surface area contributed by atoms with Gasteiger partial charge in [-0.15, -0.1) is 0 Å². The average molecular weight is 399 g/mol. The normalized spacial score (nSPS) is 11.7. The predicted molar refractivity (Wildman–Crippen MR) is 113 cm³/mol. The van der Waals surface area contributed by atoms with Gasteiger partial charge in [-0.05, 0) is 31.0 Å². The highest BCUT2D eigenvalue weighted by atomic mass is 16.5. The Morgan fingerprint density at radius 1 is 1.17 bits per heavy atom. The van der Waals surface area contributed by atoms with Crippen LogP contribution < -0.4 is 10.2 Å². The van der Waals surface area contributed by atoms with Crippen molar-refractivity contribution in [1.82, 2.24) is 10.3 Å². The number of urea groups is 1. The molecule has 29 heavy (non-hydrogen) atoms. The smallest absolute Gasteiger partial charge is 0.333 e. The Kier molecular flexibility index (Phi) is 8.61. The maximum atomic E-state index is 12.2. The Hall–Kier alpha value is -2.93. The lowest BCUT2D eigenvalue weighted by Gasteiger charge is -2.18. The van der Waals surface area contributed by atoms with Crippen LogP contribution >= 0.6 is 0 Å². The highest BCUT2D eigenvalue weighted by molar-refractivity contribution is 5.90. The van der Waals surface area contributed by atoms with Gasteiger partial charge >= 0.3 is 12.0 Å². The predicted octanol–water partition coefficient (Wildman–Crippen LogP) is 3.73. The van der Waals surface area contributed by atoms with Crippen molar-refractivity contribution in [3.63, 3.8) is 0 Å². The number of pyridine rings is 1. The minimum absolute atomic E-state index is 0.186. The summed E-state index contributed by atoms with van der Waals surface area (Å²) in [5, 5.41) is 12.1. The summed E-state index contributed by atoms with van der Waals surface area (Å²) in [6, 6.07) is 12.9. The fourth-order valence-electron chi connectivity index (χ4n) is 2.81. The monoisotopic (exact) mass is 399 g/mol. The largest absolute Gasteiger partial charge is 0.479 e. The van der Waals surface area contributed by atoms with Crippen molar-refractivity contribution in [2.24, 2.45) is 0 Å². The van der Waals surface area contributed by atoms with Crippen molar-refractivity contribution in [1.29, 1.82) is 0 Å². The van der Waals surface area contributed by atoms with Crippen LogP contribution in [0.4, 0.5) is 10.6 Å². The highest BCUT2D eigenvalue weighted by Crippen LogP contribution is 2.21. The molecule has 2 rings (SSSR count). The van der Waals surface area contributed by atoms with Crippen molar-refractivity contribution >= 4 is 17.8 Å². The SMILES string of the molecule is CCCCNC(=O)N(C)c1cccc(-c2ccc(C[C@H](OCC)C(=O)O)cc2)n1. The number of nitrogens with zero attached hydrogens (tertiary/aromatic N) is 2. The summed E-state index contributed by atoms with van der Waals surface area (Å²) >= 11 is 0. The van der Waals surface area contributed by atoms with Crippen molar-refractivity contribution < 1.29 is 19.4 Å². The molecule has 0 aliphatic carbocycles. The van der Waals surface area contributed by atoms with Crippen molar-refractivity contribution in [3.8, 4) is 11.3 Å². The number of carboxylic acids is 1. The van der Waals surface area contributed by atoms with Gasteiger partial charge in [0.2, 0.25) is 0 Å². The van der Waals surface area contributed by atoms with Gasteiger partial charge in [0.05, 0.1) is 5.69 Å². The lowest BCUT2D eigenvalue weighted by molar-refractivity contribution is -0.149. The number of hydrogen-bond acceptors (Lipinski definition) is 4. The third-order valence-corrected chi connectivity index (χ3v) is 4.50. The number of hydrogen-bond donors (Lipinski definition) is 2. The van der Waals surface area contributed by atoms with Crippen molar-refractivity contribution in [2.75, 3.05) is 25.1 Å². The minimum atomic E-state index is -0.967. The molecule has 0 bridgehead atoms. The fraction of sp³-hybridized carbons (Fsp3) is 0.409. The molecule has 0 saturated carbocycles. The molecule has 1 atom stereocenters. The second-order valence-corrected chi connectivity index (χ2v) is 6.71. The summed E-state index contributed by atoms with van der Waals surface area (Å²) in [6.45, 7) is 4.84. The molecule has 0 unspecified atom stereocenters. The molecule has 0 aliphatic rings. The Morgan fingerprint density at radius 3 is 2.52 bits per heavy atom. The molecule has 0 fully saturated rings. The van der Waals surface area contributed by atoms with E-state index in [1.807, 2.05) is 36.4 Å². The van der Waals surface area contributed by atoms with Crippen LogP contribution in [0.25, 0.3) is 11.3 Å². The number of aromatic nitrogens is 1. The van der Waals surface area contributed by atoms with E-state index in [4.69, 9.17) is 4.74 Å². The number of rotatable bonds is 10. The molecule has 1 aromatic carbocycles. The van der Waals surface area contributed by atoms with Crippen LogP contribution in [0.15, 0.2) is 42.5 Å². The zero-order valence-electron chi connectivity index (χ0n) is 17.2. The minimum Gasteiger partial charge on any atom is -0.479 e. The first-order chi connectivity index (χ1) is 14.0. The molecule has 0 saturated heterocycles. The number of amides is 2. The maximum absolute atomic E-state index is 12.2. The van der Waals surface area contributed by atoms with E-state index >= 15 is 0 Å². The number of carbonyl (C=O) groups excluding carboxylic acids is 1. The summed E-state index contributed by atoms with van der Waals surface area (Å²) < 4.78 is 5.27. The molecule has 156 valence electrons. The maximum Gasteiger partial charge on any atom is 0.333 e. The van der Waals surface area contributed by atoms with E-state index < -0.39 is 12.1 Å². The number of aliphatic carboxylic acids is 1. The summed E-state index contributed by atoms with van der Waals surface area (Å²) in [5.41, 5.74) is 2.50. The average Bonchev–Trinajstić information content (AvgIpc) is 2.73. The van der Waals surface area contributed by atoms with Gasteiger partial charge in [0, 0.05) is 32.2 Å². The summed E-state index contributed by atoms with van der Waals surface area (Å²) in [6.07, 6.45) is 1.40. The van der Waals surface area contributed by atoms with E-state index in [1.54, 1.807) is 20.0 Å². The van der Waals surface area contributed by atoms with Gasteiger partial charge in [0.25, 0.3) is 0 Å². The Labute approximate surface area is 171 Å². The van der Waals surface area contributed by atoms with Crippen LogP contribution in [0, 0.1) is 0 Å². The number of anilines is 1. The van der Waals surface area contributed by atoms with Gasteiger partial charge in [0.15, 0.2) is 6.10 Å². The van der Waals surface area contributed by atoms with Gasteiger partial charge in [0.1, 0.15) is 5.82 Å². The second kappa shape index (κ2) is 11.2. The Balaban J connectivity index is 2.10. The van der Waals surface area contributed by atoms with Crippen LogP contribution in [-0.4, -0.2) is 48.4 Å². The second-order valence-electron chi connectivity index (χ2n) is 6.71. The summed E-state index contributed by atoms with van der Waals surface area (Å²) in [7, 11) is 1.69. The van der Waals surface area contributed by atoms with Crippen LogP contribution in [0.3, 0.4) is 0 Å². The zero-order chi connectivity index (χ0) is 21.2. The molecule has 7 heteroatoms. The van der Waals surface area contributed by atoms with Gasteiger partial charge in [-0.25, -0.2) is 14.6 Å². The van der Waals surface area contributed by atoms with E-state index in [0.29, 0.717) is 25.4 Å². The Bertz CT molecular complexity index is 808. The lowest BCUT2D eigenvalue weighted by atomic mass is 10.0. The topological polar surface area (TPSA) is 91.8 Å². The fourth-order valence-corrected chi connectivity index (χ4v) is 2.81. The van der Waals surface area contributed by atoms with Gasteiger partial charge in [-0.3, -0.25) is 4.90 Å². The first kappa shape index (κ1) is 22.4. The van der Waals surface area contributed by atoms with Crippen LogP contribution in [-0.2, 0) is 16.0 Å². The van der Waals surface area contributed by atoms with Crippen LogP contribution in [0.2, 0.25) is 0 Å².